The van der Waals surface area contributed by atoms with Gasteiger partial charge in [-0.05, 0) is 19.9 Å². The molecule has 1 heterocycles. The van der Waals surface area contributed by atoms with E-state index in [4.69, 9.17) is 20.2 Å². The summed E-state index contributed by atoms with van der Waals surface area (Å²) < 4.78 is 33.9. The molecular weight excluding hydrogens is 348 g/mol. The van der Waals surface area contributed by atoms with Crippen molar-refractivity contribution >= 4 is 32.0 Å². The van der Waals surface area contributed by atoms with Gasteiger partial charge in [0, 0.05) is 29.7 Å². The SMILES string of the molecule is CN(C(=O)NS(=O)(=O)Cl)C(=O)Oc1cccc2c1OC(C)(C)C2. The molecule has 10 heteroatoms. The van der Waals surface area contributed by atoms with E-state index in [0.29, 0.717) is 17.1 Å². The molecule has 0 spiro atoms. The number of urea groups is 1. The first-order valence-corrected chi connectivity index (χ1v) is 8.82. The summed E-state index contributed by atoms with van der Waals surface area (Å²) in [5.41, 5.74) is 0.441. The first kappa shape index (κ1) is 17.4. The van der Waals surface area contributed by atoms with Crippen molar-refractivity contribution in [3.63, 3.8) is 0 Å². The average Bonchev–Trinajstić information content (AvgIpc) is 2.71. The molecule has 0 saturated heterocycles. The highest BCUT2D eigenvalue weighted by molar-refractivity contribution is 8.12. The molecule has 0 atom stereocenters. The van der Waals surface area contributed by atoms with E-state index in [1.807, 2.05) is 19.9 Å². The van der Waals surface area contributed by atoms with Crippen LogP contribution in [0.15, 0.2) is 18.2 Å². The summed E-state index contributed by atoms with van der Waals surface area (Å²) in [6, 6.07) is 3.81. The molecular formula is C13H15ClN2O6S. The fraction of sp³-hybridized carbons (Fsp3) is 0.385. The lowest BCUT2D eigenvalue weighted by molar-refractivity contribution is 0.129. The molecule has 1 aromatic carbocycles. The topological polar surface area (TPSA) is 102 Å². The van der Waals surface area contributed by atoms with Crippen LogP contribution >= 0.6 is 10.7 Å². The van der Waals surface area contributed by atoms with Crippen LogP contribution in [-0.4, -0.2) is 38.1 Å². The summed E-state index contributed by atoms with van der Waals surface area (Å²) in [6.07, 6.45) is -0.432. The smallest absolute Gasteiger partial charge is 0.423 e. The van der Waals surface area contributed by atoms with E-state index < -0.39 is 27.0 Å². The van der Waals surface area contributed by atoms with Crippen LogP contribution in [-0.2, 0) is 15.7 Å². The lowest BCUT2D eigenvalue weighted by Gasteiger charge is -2.19. The number of hydrogen-bond donors (Lipinski definition) is 1. The Hall–Kier alpha value is -2.00. The number of ether oxygens (including phenoxy) is 2. The molecule has 0 aromatic heterocycles. The van der Waals surface area contributed by atoms with Crippen LogP contribution in [0.2, 0.25) is 0 Å². The van der Waals surface area contributed by atoms with Crippen molar-refractivity contribution in [1.29, 1.82) is 0 Å². The monoisotopic (exact) mass is 362 g/mol. The molecule has 0 aliphatic carbocycles. The fourth-order valence-corrected chi connectivity index (χ4v) is 2.63. The van der Waals surface area contributed by atoms with E-state index >= 15 is 0 Å². The van der Waals surface area contributed by atoms with Crippen molar-refractivity contribution in [1.82, 2.24) is 9.62 Å². The number of hydrogen-bond acceptors (Lipinski definition) is 6. The average molecular weight is 363 g/mol. The van der Waals surface area contributed by atoms with Crippen LogP contribution in [0.4, 0.5) is 9.59 Å². The molecule has 8 nitrogen and oxygen atoms in total. The van der Waals surface area contributed by atoms with Crippen LogP contribution in [0, 0.1) is 0 Å². The van der Waals surface area contributed by atoms with Crippen LogP contribution in [0.3, 0.4) is 0 Å². The predicted molar refractivity (Wildman–Crippen MR) is 81.9 cm³/mol. The first-order valence-electron chi connectivity index (χ1n) is 6.51. The van der Waals surface area contributed by atoms with Gasteiger partial charge >= 0.3 is 21.4 Å². The Morgan fingerprint density at radius 2 is 2.04 bits per heavy atom. The number of carbonyl (C=O) groups is 2. The van der Waals surface area contributed by atoms with Gasteiger partial charge in [0.05, 0.1) is 0 Å². The number of nitrogens with zero attached hydrogens (tertiary/aromatic N) is 1. The minimum absolute atomic E-state index is 0.145. The molecule has 126 valence electrons. The van der Waals surface area contributed by atoms with Crippen molar-refractivity contribution < 1.29 is 27.5 Å². The Morgan fingerprint density at radius 3 is 2.65 bits per heavy atom. The molecule has 1 aliphatic rings. The lowest BCUT2D eigenvalue weighted by atomic mass is 10.0. The highest BCUT2D eigenvalue weighted by atomic mass is 35.7. The molecule has 1 aromatic rings. The van der Waals surface area contributed by atoms with Gasteiger partial charge in [-0.1, -0.05) is 12.1 Å². The Labute approximate surface area is 137 Å². The number of halogens is 1. The summed E-state index contributed by atoms with van der Waals surface area (Å²) in [7, 11) is 1.63. The summed E-state index contributed by atoms with van der Waals surface area (Å²) in [5, 5.41) is 0. The molecule has 23 heavy (non-hydrogen) atoms. The minimum Gasteiger partial charge on any atom is -0.483 e. The van der Waals surface area contributed by atoms with E-state index in [1.54, 1.807) is 6.07 Å². The maximum Gasteiger partial charge on any atom is 0.423 e. The van der Waals surface area contributed by atoms with Gasteiger partial charge in [-0.25, -0.2) is 19.2 Å². The zero-order chi connectivity index (χ0) is 17.4. The van der Waals surface area contributed by atoms with Gasteiger partial charge in [-0.3, -0.25) is 0 Å². The summed E-state index contributed by atoms with van der Waals surface area (Å²) in [5.74, 6) is 0.566. The van der Waals surface area contributed by atoms with Gasteiger partial charge < -0.3 is 9.47 Å². The molecule has 1 aliphatic heterocycles. The Morgan fingerprint density at radius 1 is 1.39 bits per heavy atom. The van der Waals surface area contributed by atoms with E-state index in [1.165, 1.54) is 10.8 Å². The molecule has 0 saturated carbocycles. The predicted octanol–water partition coefficient (Wildman–Crippen LogP) is 2.02. The van der Waals surface area contributed by atoms with Crippen LogP contribution in [0.5, 0.6) is 11.5 Å². The molecule has 0 bridgehead atoms. The molecule has 2 rings (SSSR count). The maximum atomic E-state index is 12.0. The van der Waals surface area contributed by atoms with E-state index in [9.17, 15) is 18.0 Å². The van der Waals surface area contributed by atoms with Crippen LogP contribution in [0.25, 0.3) is 0 Å². The first-order chi connectivity index (χ1) is 10.5. The molecule has 0 radical (unpaired) electrons. The van der Waals surface area contributed by atoms with Gasteiger partial charge in [-0.2, -0.15) is 8.42 Å². The molecule has 0 unspecified atom stereocenters. The summed E-state index contributed by atoms with van der Waals surface area (Å²) >= 11 is 0. The Kier molecular flexibility index (Phi) is 4.45. The number of fused-ring (bicyclic) bond motifs is 1. The quantitative estimate of drug-likeness (QED) is 0.807. The lowest BCUT2D eigenvalue weighted by Crippen LogP contribution is -2.43. The Balaban J connectivity index is 2.13. The minimum atomic E-state index is -4.30. The zero-order valence-electron chi connectivity index (χ0n) is 12.6. The van der Waals surface area contributed by atoms with Crippen molar-refractivity contribution in [3.8, 4) is 11.5 Å². The number of amides is 3. The van der Waals surface area contributed by atoms with Gasteiger partial charge in [0.15, 0.2) is 11.5 Å². The van der Waals surface area contributed by atoms with Gasteiger partial charge in [0.25, 0.3) is 0 Å². The molecule has 1 N–H and O–H groups in total. The largest absolute Gasteiger partial charge is 0.483 e. The fourth-order valence-electron chi connectivity index (χ4n) is 2.09. The third-order valence-electron chi connectivity index (χ3n) is 3.04. The Bertz CT molecular complexity index is 762. The second-order valence-corrected chi connectivity index (χ2v) is 7.85. The van der Waals surface area contributed by atoms with E-state index in [2.05, 4.69) is 0 Å². The highest BCUT2D eigenvalue weighted by Gasteiger charge is 2.33. The number of benzene rings is 1. The third kappa shape index (κ3) is 4.26. The van der Waals surface area contributed by atoms with E-state index in [0.717, 1.165) is 12.6 Å². The highest BCUT2D eigenvalue weighted by Crippen LogP contribution is 2.41. The summed E-state index contributed by atoms with van der Waals surface area (Å²) in [6.45, 7) is 3.78. The number of nitrogens with one attached hydrogen (secondary N) is 1. The van der Waals surface area contributed by atoms with E-state index in [-0.39, 0.29) is 5.75 Å². The van der Waals surface area contributed by atoms with Crippen LogP contribution in [0.1, 0.15) is 19.4 Å². The third-order valence-corrected chi connectivity index (χ3v) is 3.69. The number of carbonyl (C=O) groups excluding carboxylic acids is 2. The maximum absolute atomic E-state index is 12.0. The van der Waals surface area contributed by atoms with Crippen molar-refractivity contribution in [2.45, 2.75) is 25.9 Å². The molecule has 3 amide bonds. The summed E-state index contributed by atoms with van der Waals surface area (Å²) in [4.78, 5) is 23.9. The standard InChI is InChI=1S/C13H15ClN2O6S/c1-13(2)7-8-5-4-6-9(10(8)22-13)21-12(18)16(3)11(17)15-23(14,19)20/h4-6H,7H2,1-3H3,(H,15,17). The van der Waals surface area contributed by atoms with Gasteiger partial charge in [0.1, 0.15) is 5.60 Å². The number of para-hydroxylation sites is 1. The molecule has 0 fully saturated rings. The second kappa shape index (κ2) is 5.89. The van der Waals surface area contributed by atoms with Crippen LogP contribution < -0.4 is 14.2 Å². The van der Waals surface area contributed by atoms with Gasteiger partial charge in [0.2, 0.25) is 0 Å². The number of imide groups is 1. The second-order valence-electron chi connectivity index (χ2n) is 5.55. The van der Waals surface area contributed by atoms with Crippen molar-refractivity contribution in [3.05, 3.63) is 23.8 Å². The normalized spacial score (nSPS) is 15.3. The van der Waals surface area contributed by atoms with Crippen molar-refractivity contribution in [2.24, 2.45) is 0 Å². The van der Waals surface area contributed by atoms with Gasteiger partial charge in [-0.15, -0.1) is 0 Å². The number of rotatable bonds is 2. The zero-order valence-corrected chi connectivity index (χ0v) is 14.2. The van der Waals surface area contributed by atoms with Crippen molar-refractivity contribution in [2.75, 3.05) is 7.05 Å².